The molecule has 2 bridgehead atoms. The molecular formula is C16H24N6O2. The Morgan fingerprint density at radius 3 is 2.92 bits per heavy atom. The van der Waals surface area contributed by atoms with Gasteiger partial charge in [-0.05, 0) is 25.3 Å². The molecule has 4 rings (SSSR count). The van der Waals surface area contributed by atoms with E-state index in [0.29, 0.717) is 25.0 Å². The third-order valence-electron chi connectivity index (χ3n) is 5.16. The van der Waals surface area contributed by atoms with Crippen LogP contribution in [-0.2, 0) is 11.3 Å². The van der Waals surface area contributed by atoms with Gasteiger partial charge in [-0.1, -0.05) is 11.3 Å². The van der Waals surface area contributed by atoms with Crippen LogP contribution in [0.25, 0.3) is 0 Å². The van der Waals surface area contributed by atoms with Gasteiger partial charge >= 0.3 is 0 Å². The number of likely N-dealkylation sites (N-methyl/N-ethyl adjacent to an activating group) is 1. The predicted octanol–water partition coefficient (Wildman–Crippen LogP) is -0.268. The molecule has 4 atom stereocenters. The second-order valence-corrected chi connectivity index (χ2v) is 6.74. The molecule has 24 heavy (non-hydrogen) atoms. The number of nitrogens with two attached hydrogens (primary N) is 1. The number of piperidine rings is 3. The quantitative estimate of drug-likeness (QED) is 0.723. The Kier molecular flexibility index (Phi) is 4.66. The van der Waals surface area contributed by atoms with E-state index in [9.17, 15) is 9.59 Å². The molecule has 1 unspecified atom stereocenters. The standard InChI is InChI=1S/C16H24N6O2/c1-3-5-20(2)16(24)13-9-21-6-4-11(13)7-12(21)8-22-10-14(15(17)23)18-19-22/h3,10-13H,1,4-9H2,2H3,(H2,17,23)/t11-,12-,13-/m1/s1. The third-order valence-corrected chi connectivity index (χ3v) is 5.16. The first-order valence-corrected chi connectivity index (χ1v) is 8.29. The summed E-state index contributed by atoms with van der Waals surface area (Å²) < 4.78 is 1.67. The highest BCUT2D eigenvalue weighted by Crippen LogP contribution is 2.37. The van der Waals surface area contributed by atoms with E-state index in [-0.39, 0.29) is 17.5 Å². The van der Waals surface area contributed by atoms with E-state index < -0.39 is 5.91 Å². The van der Waals surface area contributed by atoms with Gasteiger partial charge in [0.1, 0.15) is 0 Å². The highest BCUT2D eigenvalue weighted by atomic mass is 16.2. The number of carbonyl (C=O) groups is 2. The minimum absolute atomic E-state index is 0.0666. The van der Waals surface area contributed by atoms with E-state index >= 15 is 0 Å². The Bertz CT molecular complexity index is 642. The maximum Gasteiger partial charge on any atom is 0.270 e. The molecule has 1 aromatic rings. The molecule has 8 nitrogen and oxygen atoms in total. The van der Waals surface area contributed by atoms with Gasteiger partial charge in [0.2, 0.25) is 5.91 Å². The number of fused-ring (bicyclic) bond motifs is 3. The van der Waals surface area contributed by atoms with Crippen molar-refractivity contribution in [3.8, 4) is 0 Å². The minimum Gasteiger partial charge on any atom is -0.364 e. The van der Waals surface area contributed by atoms with E-state index in [1.165, 1.54) is 0 Å². The monoisotopic (exact) mass is 332 g/mol. The molecule has 3 fully saturated rings. The van der Waals surface area contributed by atoms with Gasteiger partial charge in [-0.25, -0.2) is 0 Å². The normalized spacial score (nSPS) is 28.5. The molecule has 3 saturated heterocycles. The van der Waals surface area contributed by atoms with Crippen LogP contribution in [0.1, 0.15) is 23.3 Å². The van der Waals surface area contributed by atoms with Crippen molar-refractivity contribution in [2.45, 2.75) is 25.4 Å². The number of nitrogens with zero attached hydrogens (tertiary/aromatic N) is 5. The van der Waals surface area contributed by atoms with Gasteiger partial charge in [0.05, 0.1) is 18.7 Å². The number of aromatic nitrogens is 3. The van der Waals surface area contributed by atoms with Crippen LogP contribution >= 0.6 is 0 Å². The first kappa shape index (κ1) is 16.6. The van der Waals surface area contributed by atoms with E-state index in [1.807, 2.05) is 7.05 Å². The summed E-state index contributed by atoms with van der Waals surface area (Å²) in [6, 6.07) is 0.319. The highest BCUT2D eigenvalue weighted by Gasteiger charge is 2.44. The zero-order valence-electron chi connectivity index (χ0n) is 14.0. The van der Waals surface area contributed by atoms with Crippen molar-refractivity contribution in [3.05, 3.63) is 24.5 Å². The SMILES string of the molecule is C=CCN(C)C(=O)[C@@H]1CN2CC[C@@H]1C[C@@H]2Cn1cc(C(N)=O)nn1. The molecule has 0 aromatic carbocycles. The van der Waals surface area contributed by atoms with Crippen LogP contribution in [0.4, 0.5) is 0 Å². The first-order chi connectivity index (χ1) is 11.5. The molecule has 2 amide bonds. The number of amides is 2. The molecule has 3 aliphatic heterocycles. The molecule has 8 heteroatoms. The van der Waals surface area contributed by atoms with Crippen LogP contribution in [0.3, 0.4) is 0 Å². The zero-order valence-corrected chi connectivity index (χ0v) is 14.0. The van der Waals surface area contributed by atoms with Gasteiger partial charge in [0.25, 0.3) is 5.91 Å². The second-order valence-electron chi connectivity index (χ2n) is 6.74. The lowest BCUT2D eigenvalue weighted by Crippen LogP contribution is -2.58. The average molecular weight is 332 g/mol. The topological polar surface area (TPSA) is 97.3 Å². The van der Waals surface area contributed by atoms with Crippen molar-refractivity contribution in [3.63, 3.8) is 0 Å². The van der Waals surface area contributed by atoms with Crippen molar-refractivity contribution in [1.82, 2.24) is 24.8 Å². The lowest BCUT2D eigenvalue weighted by molar-refractivity contribution is -0.142. The van der Waals surface area contributed by atoms with Gasteiger partial charge < -0.3 is 10.6 Å². The van der Waals surface area contributed by atoms with Gasteiger partial charge in [0.15, 0.2) is 5.69 Å². The van der Waals surface area contributed by atoms with Crippen molar-refractivity contribution < 1.29 is 9.59 Å². The van der Waals surface area contributed by atoms with Crippen LogP contribution < -0.4 is 5.73 Å². The molecule has 0 aliphatic carbocycles. The fourth-order valence-electron chi connectivity index (χ4n) is 3.89. The first-order valence-electron chi connectivity index (χ1n) is 8.29. The highest BCUT2D eigenvalue weighted by molar-refractivity contribution is 5.90. The Labute approximate surface area is 141 Å². The summed E-state index contributed by atoms with van der Waals surface area (Å²) in [6.45, 7) is 6.73. The maximum atomic E-state index is 12.6. The van der Waals surface area contributed by atoms with Crippen molar-refractivity contribution in [2.75, 3.05) is 26.7 Å². The fourth-order valence-corrected chi connectivity index (χ4v) is 3.89. The summed E-state index contributed by atoms with van der Waals surface area (Å²) in [5.41, 5.74) is 5.40. The maximum absolute atomic E-state index is 12.6. The molecule has 1 aromatic heterocycles. The number of hydrogen-bond acceptors (Lipinski definition) is 5. The van der Waals surface area contributed by atoms with E-state index in [4.69, 9.17) is 5.73 Å². The van der Waals surface area contributed by atoms with Crippen molar-refractivity contribution in [2.24, 2.45) is 17.6 Å². The average Bonchev–Trinajstić information content (AvgIpc) is 3.04. The Hall–Kier alpha value is -2.22. The van der Waals surface area contributed by atoms with Gasteiger partial charge in [-0.3, -0.25) is 19.2 Å². The molecule has 3 aliphatic rings. The Morgan fingerprint density at radius 1 is 1.54 bits per heavy atom. The predicted molar refractivity (Wildman–Crippen MR) is 87.9 cm³/mol. The molecule has 0 saturated carbocycles. The second kappa shape index (κ2) is 6.72. The minimum atomic E-state index is -0.567. The lowest BCUT2D eigenvalue weighted by atomic mass is 9.75. The van der Waals surface area contributed by atoms with Crippen molar-refractivity contribution in [1.29, 1.82) is 0 Å². The van der Waals surface area contributed by atoms with Crippen molar-refractivity contribution >= 4 is 11.8 Å². The summed E-state index contributed by atoms with van der Waals surface area (Å²) in [6.07, 6.45) is 5.36. The molecule has 2 N–H and O–H groups in total. The van der Waals surface area contributed by atoms with Crippen LogP contribution in [0, 0.1) is 11.8 Å². The van der Waals surface area contributed by atoms with Gasteiger partial charge in [-0.15, -0.1) is 11.7 Å². The van der Waals surface area contributed by atoms with E-state index in [2.05, 4.69) is 21.8 Å². The van der Waals surface area contributed by atoms with E-state index in [1.54, 1.807) is 21.9 Å². The Morgan fingerprint density at radius 2 is 2.33 bits per heavy atom. The van der Waals surface area contributed by atoms with Gasteiger partial charge in [0, 0.05) is 26.2 Å². The smallest absolute Gasteiger partial charge is 0.270 e. The van der Waals surface area contributed by atoms with Crippen LogP contribution in [0.15, 0.2) is 18.9 Å². The van der Waals surface area contributed by atoms with Crippen LogP contribution in [-0.4, -0.2) is 69.3 Å². The third kappa shape index (κ3) is 3.19. The molecule has 130 valence electrons. The van der Waals surface area contributed by atoms with Crippen LogP contribution in [0.5, 0.6) is 0 Å². The Balaban J connectivity index is 1.63. The summed E-state index contributed by atoms with van der Waals surface area (Å²) in [4.78, 5) is 27.8. The molecular weight excluding hydrogens is 308 g/mol. The fraction of sp³-hybridized carbons (Fsp3) is 0.625. The van der Waals surface area contributed by atoms with Gasteiger partial charge in [-0.2, -0.15) is 0 Å². The molecule has 0 radical (unpaired) electrons. The molecule has 4 heterocycles. The van der Waals surface area contributed by atoms with Crippen LogP contribution in [0.2, 0.25) is 0 Å². The largest absolute Gasteiger partial charge is 0.364 e. The zero-order chi connectivity index (χ0) is 17.3. The number of primary amides is 1. The summed E-state index contributed by atoms with van der Waals surface area (Å²) in [5, 5.41) is 7.75. The summed E-state index contributed by atoms with van der Waals surface area (Å²) in [7, 11) is 1.83. The lowest BCUT2D eigenvalue weighted by Gasteiger charge is -2.49. The molecule has 0 spiro atoms. The van der Waals surface area contributed by atoms with E-state index in [0.717, 1.165) is 25.9 Å². The summed E-state index contributed by atoms with van der Waals surface area (Å²) in [5.74, 6) is 0.109. The number of hydrogen-bond donors (Lipinski definition) is 1. The summed E-state index contributed by atoms with van der Waals surface area (Å²) >= 11 is 0. The number of carbonyl (C=O) groups excluding carboxylic acids is 2. The number of rotatable bonds is 6.